The van der Waals surface area contributed by atoms with Crippen molar-refractivity contribution in [2.75, 3.05) is 11.9 Å². The molecule has 0 aliphatic rings. The van der Waals surface area contributed by atoms with Gasteiger partial charge in [0.25, 0.3) is 0 Å². The van der Waals surface area contributed by atoms with E-state index in [2.05, 4.69) is 21.2 Å². The summed E-state index contributed by atoms with van der Waals surface area (Å²) in [5.74, 6) is -0.967. The Hall–Kier alpha value is -1.40. The first kappa shape index (κ1) is 15.7. The fourth-order valence-electron chi connectivity index (χ4n) is 1.61. The Morgan fingerprint density at radius 2 is 2.16 bits per heavy atom. The van der Waals surface area contributed by atoms with Crippen LogP contribution in [0, 0.1) is 5.92 Å². The number of carbonyl (C=O) groups is 2. The van der Waals surface area contributed by atoms with Crippen molar-refractivity contribution in [2.24, 2.45) is 11.7 Å². The monoisotopic (exact) mass is 328 g/mol. The van der Waals surface area contributed by atoms with Gasteiger partial charge in [0, 0.05) is 10.9 Å². The first-order chi connectivity index (χ1) is 8.97. The highest BCUT2D eigenvalue weighted by molar-refractivity contribution is 9.10. The number of anilines is 1. The van der Waals surface area contributed by atoms with E-state index in [1.807, 2.05) is 6.92 Å². The van der Waals surface area contributed by atoms with Crippen molar-refractivity contribution in [3.63, 3.8) is 0 Å². The molecule has 19 heavy (non-hydrogen) atoms. The van der Waals surface area contributed by atoms with Gasteiger partial charge in [0.15, 0.2) is 0 Å². The van der Waals surface area contributed by atoms with Crippen LogP contribution in [0.2, 0.25) is 0 Å². The van der Waals surface area contributed by atoms with Gasteiger partial charge >= 0.3 is 5.97 Å². The van der Waals surface area contributed by atoms with Crippen LogP contribution in [0.5, 0.6) is 0 Å². The Labute approximate surface area is 120 Å². The second-order valence-corrected chi connectivity index (χ2v) is 5.12. The number of carbonyl (C=O) groups excluding carboxylic acids is 1. The van der Waals surface area contributed by atoms with Gasteiger partial charge < -0.3 is 16.2 Å². The number of hydrogen-bond acceptors (Lipinski definition) is 3. The minimum absolute atomic E-state index is 0.124. The predicted molar refractivity (Wildman–Crippen MR) is 77.2 cm³/mol. The van der Waals surface area contributed by atoms with Crippen LogP contribution in [0.4, 0.5) is 5.69 Å². The third-order valence-corrected chi connectivity index (χ3v) is 3.53. The fraction of sp³-hybridized carbons (Fsp3) is 0.385. The standard InChI is InChI=1S/C13H17BrN2O3/c1-2-8(7-15)5-12(17)16-11-4-3-9(13(18)19)6-10(11)14/h3-4,6,8H,2,5,7,15H2,1H3,(H,16,17)(H,18,19). The van der Waals surface area contributed by atoms with E-state index in [0.29, 0.717) is 23.1 Å². The number of aromatic carboxylic acids is 1. The second-order valence-electron chi connectivity index (χ2n) is 4.26. The molecule has 104 valence electrons. The number of hydrogen-bond donors (Lipinski definition) is 3. The molecular formula is C13H17BrN2O3. The van der Waals surface area contributed by atoms with E-state index in [-0.39, 0.29) is 17.4 Å². The Bertz CT molecular complexity index is 473. The van der Waals surface area contributed by atoms with Gasteiger partial charge in [0.05, 0.1) is 11.3 Å². The predicted octanol–water partition coefficient (Wildman–Crippen LogP) is 2.46. The highest BCUT2D eigenvalue weighted by atomic mass is 79.9. The average molecular weight is 329 g/mol. The summed E-state index contributed by atoms with van der Waals surface area (Å²) < 4.78 is 0.543. The molecule has 5 nitrogen and oxygen atoms in total. The first-order valence-corrected chi connectivity index (χ1v) is 6.80. The largest absolute Gasteiger partial charge is 0.478 e. The van der Waals surface area contributed by atoms with E-state index < -0.39 is 5.97 Å². The lowest BCUT2D eigenvalue weighted by atomic mass is 10.0. The molecule has 0 aliphatic heterocycles. The molecule has 0 spiro atoms. The van der Waals surface area contributed by atoms with E-state index in [0.717, 1.165) is 6.42 Å². The summed E-state index contributed by atoms with van der Waals surface area (Å²) >= 11 is 3.24. The molecule has 0 aromatic heterocycles. The molecule has 0 aliphatic carbocycles. The summed E-state index contributed by atoms with van der Waals surface area (Å²) in [5, 5.41) is 11.6. The number of rotatable bonds is 6. The van der Waals surface area contributed by atoms with E-state index in [1.54, 1.807) is 6.07 Å². The minimum Gasteiger partial charge on any atom is -0.478 e. The smallest absolute Gasteiger partial charge is 0.335 e. The molecule has 0 bridgehead atoms. The number of amides is 1. The van der Waals surface area contributed by atoms with Crippen LogP contribution in [0.3, 0.4) is 0 Å². The van der Waals surface area contributed by atoms with Crippen molar-refractivity contribution in [1.82, 2.24) is 0 Å². The van der Waals surface area contributed by atoms with Crippen LogP contribution < -0.4 is 11.1 Å². The summed E-state index contributed by atoms with van der Waals surface area (Å²) in [6.07, 6.45) is 1.21. The fourth-order valence-corrected chi connectivity index (χ4v) is 2.09. The number of nitrogens with two attached hydrogens (primary N) is 1. The summed E-state index contributed by atoms with van der Waals surface area (Å²) in [6, 6.07) is 4.47. The average Bonchev–Trinajstić information content (AvgIpc) is 2.38. The van der Waals surface area contributed by atoms with Crippen LogP contribution in [0.1, 0.15) is 30.1 Å². The zero-order valence-electron chi connectivity index (χ0n) is 10.6. The number of halogens is 1. The molecule has 0 saturated heterocycles. The molecule has 4 N–H and O–H groups in total. The molecule has 1 atom stereocenters. The molecule has 0 radical (unpaired) electrons. The van der Waals surface area contributed by atoms with Gasteiger partial charge in [-0.3, -0.25) is 4.79 Å². The summed E-state index contributed by atoms with van der Waals surface area (Å²) in [6.45, 7) is 2.46. The zero-order valence-corrected chi connectivity index (χ0v) is 12.2. The van der Waals surface area contributed by atoms with E-state index in [9.17, 15) is 9.59 Å². The Kier molecular flexibility index (Phi) is 5.98. The van der Waals surface area contributed by atoms with Gasteiger partial charge in [0.2, 0.25) is 5.91 Å². The van der Waals surface area contributed by atoms with Crippen molar-refractivity contribution in [3.8, 4) is 0 Å². The van der Waals surface area contributed by atoms with Crippen LogP contribution in [0.25, 0.3) is 0 Å². The summed E-state index contributed by atoms with van der Waals surface area (Å²) in [7, 11) is 0. The molecular weight excluding hydrogens is 312 g/mol. The molecule has 1 aromatic carbocycles. The molecule has 0 saturated carbocycles. The lowest BCUT2D eigenvalue weighted by Gasteiger charge is -2.13. The van der Waals surface area contributed by atoms with E-state index >= 15 is 0 Å². The highest BCUT2D eigenvalue weighted by Crippen LogP contribution is 2.24. The number of carboxylic acids is 1. The van der Waals surface area contributed by atoms with Gasteiger partial charge in [-0.15, -0.1) is 0 Å². The van der Waals surface area contributed by atoms with Crippen LogP contribution in [-0.2, 0) is 4.79 Å². The van der Waals surface area contributed by atoms with Crippen LogP contribution in [0.15, 0.2) is 22.7 Å². The lowest BCUT2D eigenvalue weighted by Crippen LogP contribution is -2.21. The molecule has 1 unspecified atom stereocenters. The highest BCUT2D eigenvalue weighted by Gasteiger charge is 2.13. The van der Waals surface area contributed by atoms with Crippen molar-refractivity contribution in [1.29, 1.82) is 0 Å². The van der Waals surface area contributed by atoms with Gasteiger partial charge in [-0.2, -0.15) is 0 Å². The van der Waals surface area contributed by atoms with Crippen molar-refractivity contribution >= 4 is 33.5 Å². The maximum atomic E-state index is 11.8. The Balaban J connectivity index is 2.72. The minimum atomic E-state index is -1.01. The van der Waals surface area contributed by atoms with Gasteiger partial charge in [-0.25, -0.2) is 4.79 Å². The van der Waals surface area contributed by atoms with Gasteiger partial charge in [0.1, 0.15) is 0 Å². The number of carboxylic acid groups (broad SMARTS) is 1. The van der Waals surface area contributed by atoms with Gasteiger partial charge in [-0.05, 0) is 46.6 Å². The maximum Gasteiger partial charge on any atom is 0.335 e. The third-order valence-electron chi connectivity index (χ3n) is 2.87. The summed E-state index contributed by atoms with van der Waals surface area (Å²) in [4.78, 5) is 22.6. The SMILES string of the molecule is CCC(CN)CC(=O)Nc1ccc(C(=O)O)cc1Br. The second kappa shape index (κ2) is 7.25. The number of nitrogens with one attached hydrogen (secondary N) is 1. The first-order valence-electron chi connectivity index (χ1n) is 6.00. The molecule has 1 aromatic rings. The lowest BCUT2D eigenvalue weighted by molar-refractivity contribution is -0.117. The molecule has 1 amide bonds. The van der Waals surface area contributed by atoms with E-state index in [1.165, 1.54) is 12.1 Å². The maximum absolute atomic E-state index is 11.8. The molecule has 6 heteroatoms. The van der Waals surface area contributed by atoms with Crippen molar-refractivity contribution < 1.29 is 14.7 Å². The Morgan fingerprint density at radius 3 is 2.63 bits per heavy atom. The summed E-state index contributed by atoms with van der Waals surface area (Å²) in [5.41, 5.74) is 6.28. The number of benzene rings is 1. The Morgan fingerprint density at radius 1 is 1.47 bits per heavy atom. The molecule has 0 heterocycles. The van der Waals surface area contributed by atoms with Crippen LogP contribution in [-0.4, -0.2) is 23.5 Å². The molecule has 1 rings (SSSR count). The molecule has 0 fully saturated rings. The topological polar surface area (TPSA) is 92.4 Å². The zero-order chi connectivity index (χ0) is 14.4. The third kappa shape index (κ3) is 4.65. The normalized spacial score (nSPS) is 11.9. The van der Waals surface area contributed by atoms with Crippen molar-refractivity contribution in [3.05, 3.63) is 28.2 Å². The van der Waals surface area contributed by atoms with Crippen LogP contribution >= 0.6 is 15.9 Å². The van der Waals surface area contributed by atoms with E-state index in [4.69, 9.17) is 10.8 Å². The van der Waals surface area contributed by atoms with Crippen molar-refractivity contribution in [2.45, 2.75) is 19.8 Å². The quantitative estimate of drug-likeness (QED) is 0.747. The van der Waals surface area contributed by atoms with Gasteiger partial charge in [-0.1, -0.05) is 13.3 Å².